The number of hydrogen-bond acceptors (Lipinski definition) is 2. The van der Waals surface area contributed by atoms with Crippen molar-refractivity contribution in [3.63, 3.8) is 0 Å². The predicted molar refractivity (Wildman–Crippen MR) is 27.0 cm³/mol. The lowest BCUT2D eigenvalue weighted by Crippen LogP contribution is -2.13. The molecular weight excluding hydrogens is 183 g/mol. The summed E-state index contributed by atoms with van der Waals surface area (Å²) in [6, 6.07) is 0. The van der Waals surface area contributed by atoms with Crippen molar-refractivity contribution in [3.05, 3.63) is 23.8 Å². The second kappa shape index (κ2) is 2.65. The van der Waals surface area contributed by atoms with Gasteiger partial charge in [-0.2, -0.15) is 22.0 Å². The summed E-state index contributed by atoms with van der Waals surface area (Å²) >= 11 is 0. The van der Waals surface area contributed by atoms with Crippen LogP contribution in [0.2, 0.25) is 0 Å². The van der Waals surface area contributed by atoms with Crippen molar-refractivity contribution in [1.82, 2.24) is 9.97 Å². The van der Waals surface area contributed by atoms with Crippen molar-refractivity contribution in [2.45, 2.75) is 6.18 Å². The topological polar surface area (TPSA) is 25.8 Å². The molecule has 0 aromatic carbocycles. The zero-order valence-corrected chi connectivity index (χ0v) is 5.36. The van der Waals surface area contributed by atoms with E-state index in [1.54, 1.807) is 0 Å². The van der Waals surface area contributed by atoms with Gasteiger partial charge in [-0.25, -0.2) is 9.97 Å². The molecule has 0 aliphatic heterocycles. The summed E-state index contributed by atoms with van der Waals surface area (Å²) in [5.41, 5.74) is -1.89. The van der Waals surface area contributed by atoms with Crippen LogP contribution in [0.15, 0.2) is 6.33 Å². The highest BCUT2D eigenvalue weighted by molar-refractivity contribution is 5.07. The van der Waals surface area contributed by atoms with Gasteiger partial charge in [0.2, 0.25) is 5.82 Å². The molecule has 0 aliphatic carbocycles. The highest BCUT2D eigenvalue weighted by Gasteiger charge is 2.37. The Labute approximate surface area is 63.1 Å². The molecule has 2 nitrogen and oxygen atoms in total. The van der Waals surface area contributed by atoms with Crippen LogP contribution in [0.5, 0.6) is 0 Å². The highest BCUT2D eigenvalue weighted by Crippen LogP contribution is 2.29. The van der Waals surface area contributed by atoms with E-state index in [-0.39, 0.29) is 0 Å². The number of hydrogen-bond donors (Lipinski definition) is 0. The first-order valence-corrected chi connectivity index (χ1v) is 2.66. The first kappa shape index (κ1) is 8.82. The molecule has 0 saturated carbocycles. The normalized spacial score (nSPS) is 11.8. The molecule has 1 heterocycles. The Morgan fingerprint density at radius 3 is 2.08 bits per heavy atom. The average molecular weight is 184 g/mol. The lowest BCUT2D eigenvalue weighted by Gasteiger charge is -2.04. The fourth-order valence-corrected chi connectivity index (χ4v) is 0.546. The summed E-state index contributed by atoms with van der Waals surface area (Å²) in [4.78, 5) is 5.16. The van der Waals surface area contributed by atoms with E-state index >= 15 is 0 Å². The van der Waals surface area contributed by atoms with E-state index in [0.29, 0.717) is 6.33 Å². The first-order valence-electron chi connectivity index (χ1n) is 2.66. The summed E-state index contributed by atoms with van der Waals surface area (Å²) < 4.78 is 59.6. The van der Waals surface area contributed by atoms with E-state index < -0.39 is 23.6 Å². The smallest absolute Gasteiger partial charge is 0.229 e. The zero-order chi connectivity index (χ0) is 9.35. The molecule has 7 heteroatoms. The molecule has 0 N–H and O–H groups in total. The molecule has 0 bridgehead atoms. The number of halogens is 5. The Morgan fingerprint density at radius 2 is 1.67 bits per heavy atom. The van der Waals surface area contributed by atoms with Crippen molar-refractivity contribution in [2.75, 3.05) is 0 Å². The van der Waals surface area contributed by atoms with Gasteiger partial charge in [-0.05, 0) is 0 Å². The fraction of sp³-hybridized carbons (Fsp3) is 0.200. The average Bonchev–Trinajstić information content (AvgIpc) is 1.92. The van der Waals surface area contributed by atoms with E-state index in [1.807, 2.05) is 0 Å². The van der Waals surface area contributed by atoms with Crippen LogP contribution < -0.4 is 0 Å². The predicted octanol–water partition coefficient (Wildman–Crippen LogP) is 1.77. The van der Waals surface area contributed by atoms with Crippen LogP contribution >= 0.6 is 0 Å². The van der Waals surface area contributed by atoms with Crippen molar-refractivity contribution >= 4 is 0 Å². The Morgan fingerprint density at radius 1 is 1.08 bits per heavy atom. The Balaban J connectivity index is 3.26. The van der Waals surface area contributed by atoms with Gasteiger partial charge in [0.25, 0.3) is 5.95 Å². The van der Waals surface area contributed by atoms with Gasteiger partial charge in [-0.3, -0.25) is 0 Å². The molecular formula is C5HF5N2. The van der Waals surface area contributed by atoms with Crippen LogP contribution in [0.4, 0.5) is 22.0 Å². The lowest BCUT2D eigenvalue weighted by molar-refractivity contribution is -0.144. The van der Waals surface area contributed by atoms with Crippen LogP contribution in [0.3, 0.4) is 0 Å². The third-order valence-corrected chi connectivity index (χ3v) is 1.02. The summed E-state index contributed by atoms with van der Waals surface area (Å²) in [7, 11) is 0. The van der Waals surface area contributed by atoms with Crippen molar-refractivity contribution in [3.8, 4) is 0 Å². The molecule has 66 valence electrons. The molecule has 1 aromatic heterocycles. The molecule has 0 aliphatic rings. The molecule has 12 heavy (non-hydrogen) atoms. The van der Waals surface area contributed by atoms with E-state index in [9.17, 15) is 22.0 Å². The number of nitrogens with zero attached hydrogens (tertiary/aromatic N) is 2. The molecule has 0 atom stereocenters. The van der Waals surface area contributed by atoms with Crippen LogP contribution in [0.25, 0.3) is 0 Å². The Kier molecular flexibility index (Phi) is 1.95. The Bertz CT molecular complexity index is 294. The minimum atomic E-state index is -4.99. The van der Waals surface area contributed by atoms with Crippen LogP contribution in [0, 0.1) is 11.8 Å². The Hall–Kier alpha value is -1.27. The summed E-state index contributed by atoms with van der Waals surface area (Å²) in [6.45, 7) is 0. The second-order valence-electron chi connectivity index (χ2n) is 1.82. The lowest BCUT2D eigenvalue weighted by atomic mass is 10.4. The van der Waals surface area contributed by atoms with Crippen LogP contribution in [0.1, 0.15) is 5.69 Å². The van der Waals surface area contributed by atoms with Gasteiger partial charge in [0, 0.05) is 0 Å². The molecule has 0 radical (unpaired) electrons. The van der Waals surface area contributed by atoms with E-state index in [0.717, 1.165) is 0 Å². The molecule has 0 fully saturated rings. The minimum absolute atomic E-state index is 0.307. The maximum atomic E-state index is 12.3. The SMILES string of the molecule is Fc1ncnc(C(F)(F)F)c1F. The number of rotatable bonds is 0. The second-order valence-corrected chi connectivity index (χ2v) is 1.82. The van der Waals surface area contributed by atoms with Gasteiger partial charge in [0.1, 0.15) is 6.33 Å². The van der Waals surface area contributed by atoms with Crippen molar-refractivity contribution < 1.29 is 22.0 Å². The zero-order valence-electron chi connectivity index (χ0n) is 5.36. The molecule has 1 aromatic rings. The van der Waals surface area contributed by atoms with Gasteiger partial charge in [0.05, 0.1) is 0 Å². The summed E-state index contributed by atoms with van der Waals surface area (Å²) in [6.07, 6.45) is -4.69. The molecule has 1 rings (SSSR count). The first-order chi connectivity index (χ1) is 5.43. The third kappa shape index (κ3) is 1.49. The van der Waals surface area contributed by atoms with Crippen LogP contribution in [-0.2, 0) is 6.18 Å². The maximum absolute atomic E-state index is 12.3. The van der Waals surface area contributed by atoms with Crippen molar-refractivity contribution in [2.24, 2.45) is 0 Å². The molecule has 0 unspecified atom stereocenters. The quantitative estimate of drug-likeness (QED) is 0.453. The summed E-state index contributed by atoms with van der Waals surface area (Å²) in [5, 5.41) is 0. The summed E-state index contributed by atoms with van der Waals surface area (Å²) in [5.74, 6) is -3.89. The molecule has 0 amide bonds. The van der Waals surface area contributed by atoms with Crippen LogP contribution in [-0.4, -0.2) is 9.97 Å². The van der Waals surface area contributed by atoms with Crippen molar-refractivity contribution in [1.29, 1.82) is 0 Å². The van der Waals surface area contributed by atoms with E-state index in [4.69, 9.17) is 0 Å². The third-order valence-electron chi connectivity index (χ3n) is 1.02. The minimum Gasteiger partial charge on any atom is -0.229 e. The highest BCUT2D eigenvalue weighted by atomic mass is 19.4. The van der Waals surface area contributed by atoms with Gasteiger partial charge in [0.15, 0.2) is 5.69 Å². The fourth-order valence-electron chi connectivity index (χ4n) is 0.546. The standard InChI is InChI=1S/C5HF5N2/c6-2-3(5(8,9)10)11-1-12-4(2)7/h1H. The van der Waals surface area contributed by atoms with E-state index in [2.05, 4.69) is 9.97 Å². The van der Waals surface area contributed by atoms with Gasteiger partial charge in [-0.15, -0.1) is 0 Å². The monoisotopic (exact) mass is 184 g/mol. The molecule has 0 spiro atoms. The molecule has 0 saturated heterocycles. The number of alkyl halides is 3. The van der Waals surface area contributed by atoms with Gasteiger partial charge >= 0.3 is 6.18 Å². The van der Waals surface area contributed by atoms with E-state index in [1.165, 1.54) is 0 Å². The number of aromatic nitrogens is 2. The largest absolute Gasteiger partial charge is 0.436 e. The van der Waals surface area contributed by atoms with Gasteiger partial charge in [-0.1, -0.05) is 0 Å². The maximum Gasteiger partial charge on any atom is 0.436 e. The van der Waals surface area contributed by atoms with Gasteiger partial charge < -0.3 is 0 Å².